The summed E-state index contributed by atoms with van der Waals surface area (Å²) in [5.74, 6) is 0. The maximum atomic E-state index is 6.10. The van der Waals surface area contributed by atoms with Crippen LogP contribution in [0, 0.1) is 0 Å². The first-order valence-corrected chi connectivity index (χ1v) is 8.38. The molecule has 0 aromatic heterocycles. The number of fused-ring (bicyclic) bond motifs is 2. The lowest BCUT2D eigenvalue weighted by Gasteiger charge is -2.25. The molecule has 4 rings (SSSR count). The van der Waals surface area contributed by atoms with Gasteiger partial charge in [0.15, 0.2) is 0 Å². The van der Waals surface area contributed by atoms with E-state index in [0.717, 1.165) is 55.2 Å². The molecule has 1 saturated heterocycles. The van der Waals surface area contributed by atoms with Crippen molar-refractivity contribution in [1.29, 1.82) is 0 Å². The molecule has 2 aliphatic rings. The fourth-order valence-electron chi connectivity index (χ4n) is 3.16. The minimum atomic E-state index is 0.701. The largest absolute Gasteiger partial charge is 0.370 e. The third-order valence-electron chi connectivity index (χ3n) is 4.33. The molecule has 0 saturated carbocycles. The highest BCUT2D eigenvalue weighted by Crippen LogP contribution is 2.37. The Morgan fingerprint density at radius 1 is 1.04 bits per heavy atom. The predicted octanol–water partition coefficient (Wildman–Crippen LogP) is 3.95. The van der Waals surface area contributed by atoms with Crippen molar-refractivity contribution in [3.63, 3.8) is 0 Å². The molecule has 118 valence electrons. The Labute approximate surface area is 141 Å². The Kier molecular flexibility index (Phi) is 3.93. The first kappa shape index (κ1) is 14.5. The van der Waals surface area contributed by atoms with Crippen molar-refractivity contribution in [2.24, 2.45) is 4.99 Å². The quantitative estimate of drug-likeness (QED) is 0.711. The van der Waals surface area contributed by atoms with Gasteiger partial charge in [0.05, 0.1) is 11.4 Å². The smallest absolute Gasteiger partial charge is 0.0879 e. The van der Waals surface area contributed by atoms with E-state index in [1.54, 1.807) is 0 Å². The van der Waals surface area contributed by atoms with Crippen molar-refractivity contribution in [2.75, 3.05) is 36.4 Å². The van der Waals surface area contributed by atoms with Gasteiger partial charge in [0.2, 0.25) is 0 Å². The van der Waals surface area contributed by atoms with E-state index in [-0.39, 0.29) is 0 Å². The van der Waals surface area contributed by atoms with E-state index < -0.39 is 0 Å². The number of rotatable bonds is 1. The first-order chi connectivity index (χ1) is 11.3. The third-order valence-corrected chi connectivity index (χ3v) is 4.56. The highest BCUT2D eigenvalue weighted by molar-refractivity contribution is 6.31. The minimum Gasteiger partial charge on any atom is -0.370 e. The van der Waals surface area contributed by atoms with Crippen molar-refractivity contribution < 1.29 is 0 Å². The molecule has 0 radical (unpaired) electrons. The zero-order valence-corrected chi connectivity index (χ0v) is 13.6. The van der Waals surface area contributed by atoms with Crippen molar-refractivity contribution in [3.8, 4) is 0 Å². The van der Waals surface area contributed by atoms with E-state index in [1.165, 1.54) is 5.69 Å². The molecule has 2 aromatic carbocycles. The monoisotopic (exact) mass is 326 g/mol. The van der Waals surface area contributed by atoms with Crippen molar-refractivity contribution in [3.05, 3.63) is 47.0 Å². The third kappa shape index (κ3) is 2.92. The van der Waals surface area contributed by atoms with E-state index in [1.807, 2.05) is 24.4 Å². The van der Waals surface area contributed by atoms with Gasteiger partial charge in [0, 0.05) is 47.8 Å². The highest BCUT2D eigenvalue weighted by atomic mass is 35.5. The number of nitrogens with zero attached hydrogens (tertiary/aromatic N) is 2. The molecule has 0 atom stereocenters. The summed E-state index contributed by atoms with van der Waals surface area (Å²) in [4.78, 5) is 7.09. The van der Waals surface area contributed by atoms with E-state index in [0.29, 0.717) is 5.02 Å². The number of halogens is 1. The van der Waals surface area contributed by atoms with Crippen molar-refractivity contribution in [2.45, 2.75) is 6.42 Å². The lowest BCUT2D eigenvalue weighted by atomic mass is 10.1. The zero-order valence-electron chi connectivity index (χ0n) is 12.8. The fourth-order valence-corrected chi connectivity index (χ4v) is 3.32. The van der Waals surface area contributed by atoms with Gasteiger partial charge >= 0.3 is 0 Å². The Balaban J connectivity index is 1.76. The number of hydrogen-bond donors (Lipinski definition) is 2. The Morgan fingerprint density at radius 2 is 2.00 bits per heavy atom. The summed E-state index contributed by atoms with van der Waals surface area (Å²) in [6.07, 6.45) is 3.11. The molecule has 2 aliphatic heterocycles. The van der Waals surface area contributed by atoms with Gasteiger partial charge in [-0.1, -0.05) is 17.7 Å². The molecule has 0 bridgehead atoms. The van der Waals surface area contributed by atoms with E-state index in [4.69, 9.17) is 11.6 Å². The maximum absolute atomic E-state index is 6.10. The molecule has 0 unspecified atom stereocenters. The first-order valence-electron chi connectivity index (χ1n) is 8.00. The Morgan fingerprint density at radius 3 is 2.96 bits per heavy atom. The van der Waals surface area contributed by atoms with E-state index in [2.05, 4.69) is 38.7 Å². The molecule has 5 heteroatoms. The molecule has 1 fully saturated rings. The van der Waals surface area contributed by atoms with E-state index >= 15 is 0 Å². The average molecular weight is 327 g/mol. The molecule has 2 aromatic rings. The second-order valence-corrected chi connectivity index (χ2v) is 6.31. The van der Waals surface area contributed by atoms with Crippen LogP contribution in [0.1, 0.15) is 12.0 Å². The summed E-state index contributed by atoms with van der Waals surface area (Å²) in [6, 6.07) is 12.1. The van der Waals surface area contributed by atoms with Crippen LogP contribution in [0.15, 0.2) is 41.4 Å². The summed E-state index contributed by atoms with van der Waals surface area (Å²) < 4.78 is 0. The summed E-state index contributed by atoms with van der Waals surface area (Å²) >= 11 is 6.10. The summed E-state index contributed by atoms with van der Waals surface area (Å²) in [6.45, 7) is 4.19. The predicted molar refractivity (Wildman–Crippen MR) is 98.1 cm³/mol. The summed E-state index contributed by atoms with van der Waals surface area (Å²) in [5, 5.41) is 7.65. The van der Waals surface area contributed by atoms with Crippen LogP contribution in [-0.4, -0.2) is 32.4 Å². The molecule has 2 heterocycles. The van der Waals surface area contributed by atoms with Gasteiger partial charge in [0.25, 0.3) is 0 Å². The van der Waals surface area contributed by atoms with Crippen LogP contribution in [-0.2, 0) is 0 Å². The average Bonchev–Trinajstić information content (AvgIpc) is 2.93. The van der Waals surface area contributed by atoms with Crippen LogP contribution in [0.2, 0.25) is 5.02 Å². The SMILES string of the molecule is Clc1ccc2c(c1)N=Cc1c(cccc1N1CCCNCC1)N2. The van der Waals surface area contributed by atoms with Crippen LogP contribution >= 0.6 is 11.6 Å². The van der Waals surface area contributed by atoms with Crippen molar-refractivity contribution >= 4 is 40.6 Å². The van der Waals surface area contributed by atoms with Gasteiger partial charge in [-0.15, -0.1) is 0 Å². The van der Waals surface area contributed by atoms with Gasteiger partial charge in [-0.2, -0.15) is 0 Å². The Hall–Kier alpha value is -2.04. The number of anilines is 3. The number of benzene rings is 2. The fraction of sp³-hybridized carbons (Fsp3) is 0.278. The van der Waals surface area contributed by atoms with Gasteiger partial charge in [-0.3, -0.25) is 4.99 Å². The lowest BCUT2D eigenvalue weighted by molar-refractivity contribution is 0.724. The van der Waals surface area contributed by atoms with Gasteiger partial charge < -0.3 is 15.5 Å². The summed E-state index contributed by atoms with van der Waals surface area (Å²) in [5.41, 5.74) is 5.32. The van der Waals surface area contributed by atoms with Gasteiger partial charge in [-0.05, 0) is 43.3 Å². The van der Waals surface area contributed by atoms with Crippen LogP contribution in [0.3, 0.4) is 0 Å². The molecule has 0 aliphatic carbocycles. The molecular weight excluding hydrogens is 308 g/mol. The number of hydrogen-bond acceptors (Lipinski definition) is 4. The van der Waals surface area contributed by atoms with Crippen molar-refractivity contribution in [1.82, 2.24) is 5.32 Å². The zero-order chi connectivity index (χ0) is 15.6. The Bertz CT molecular complexity index is 749. The molecule has 2 N–H and O–H groups in total. The van der Waals surface area contributed by atoms with Gasteiger partial charge in [0.1, 0.15) is 0 Å². The second-order valence-electron chi connectivity index (χ2n) is 5.87. The van der Waals surface area contributed by atoms with Gasteiger partial charge in [-0.25, -0.2) is 0 Å². The number of aliphatic imine (C=N–C) groups is 1. The maximum Gasteiger partial charge on any atom is 0.0879 e. The van der Waals surface area contributed by atoms with Crippen LogP contribution in [0.25, 0.3) is 0 Å². The minimum absolute atomic E-state index is 0.701. The highest BCUT2D eigenvalue weighted by Gasteiger charge is 2.17. The second kappa shape index (κ2) is 6.22. The molecule has 0 spiro atoms. The number of nitrogens with one attached hydrogen (secondary N) is 2. The normalized spacial score (nSPS) is 16.8. The molecular formula is C18H19ClN4. The standard InChI is InChI=1S/C18H19ClN4/c19-13-5-6-16-17(11-13)21-12-14-15(22-16)3-1-4-18(14)23-9-2-7-20-8-10-23/h1,3-6,11-12,20,22H,2,7-10H2. The molecule has 4 nitrogen and oxygen atoms in total. The molecule has 23 heavy (non-hydrogen) atoms. The topological polar surface area (TPSA) is 39.7 Å². The van der Waals surface area contributed by atoms with Crippen LogP contribution < -0.4 is 15.5 Å². The van der Waals surface area contributed by atoms with E-state index in [9.17, 15) is 0 Å². The lowest BCUT2D eigenvalue weighted by Crippen LogP contribution is -2.28. The van der Waals surface area contributed by atoms with Crippen LogP contribution in [0.5, 0.6) is 0 Å². The summed E-state index contributed by atoms with van der Waals surface area (Å²) in [7, 11) is 0. The molecule has 0 amide bonds. The van der Waals surface area contributed by atoms with Crippen LogP contribution in [0.4, 0.5) is 22.7 Å².